The summed E-state index contributed by atoms with van der Waals surface area (Å²) in [5.74, 6) is 0.816. The quantitative estimate of drug-likeness (QED) is 0.709. The number of benzene rings is 1. The van der Waals surface area contributed by atoms with Gasteiger partial charge in [0.05, 0.1) is 5.38 Å². The van der Waals surface area contributed by atoms with Crippen LogP contribution in [0.2, 0.25) is 0 Å². The lowest BCUT2D eigenvalue weighted by Gasteiger charge is -2.32. The summed E-state index contributed by atoms with van der Waals surface area (Å²) in [7, 11) is 0. The molecular formula is C18H28ClN. The van der Waals surface area contributed by atoms with Gasteiger partial charge in [0.25, 0.3) is 0 Å². The Morgan fingerprint density at radius 1 is 1.25 bits per heavy atom. The molecule has 0 saturated carbocycles. The average Bonchev–Trinajstić information content (AvgIpc) is 2.38. The van der Waals surface area contributed by atoms with E-state index in [0.29, 0.717) is 0 Å². The van der Waals surface area contributed by atoms with Crippen LogP contribution in [0.3, 0.4) is 0 Å². The van der Waals surface area contributed by atoms with Gasteiger partial charge in [0.1, 0.15) is 0 Å². The number of likely N-dealkylation sites (tertiary alicyclic amines) is 1. The van der Waals surface area contributed by atoms with Gasteiger partial charge in [-0.05, 0) is 41.8 Å². The molecule has 1 saturated heterocycles. The summed E-state index contributed by atoms with van der Waals surface area (Å²) in [4.78, 5) is 2.52. The molecule has 1 aliphatic heterocycles. The molecule has 0 N–H and O–H groups in total. The molecule has 1 aromatic rings. The Bertz CT molecular complexity index is 418. The normalized spacial score (nSPS) is 22.8. The van der Waals surface area contributed by atoms with Crippen molar-refractivity contribution in [3.05, 3.63) is 35.4 Å². The smallest absolute Gasteiger partial charge is 0.0712 e. The standard InChI is InChI=1S/C18H28ClN/c1-14-6-5-11-20(12-14)13-17(19)15-7-9-16(10-8-15)18(2,3)4/h7-10,14,17H,5-6,11-13H2,1-4H3. The van der Waals surface area contributed by atoms with Crippen LogP contribution in [-0.4, -0.2) is 24.5 Å². The number of rotatable bonds is 3. The minimum Gasteiger partial charge on any atom is -0.301 e. The molecule has 1 heterocycles. The molecule has 1 aliphatic rings. The maximum atomic E-state index is 6.61. The number of hydrogen-bond acceptors (Lipinski definition) is 1. The fourth-order valence-electron chi connectivity index (χ4n) is 2.98. The van der Waals surface area contributed by atoms with Crippen molar-refractivity contribution < 1.29 is 0 Å². The Morgan fingerprint density at radius 3 is 2.45 bits per heavy atom. The Morgan fingerprint density at radius 2 is 1.90 bits per heavy atom. The van der Waals surface area contributed by atoms with E-state index >= 15 is 0 Å². The Kier molecular flexibility index (Phi) is 5.14. The van der Waals surface area contributed by atoms with Crippen LogP contribution in [0.4, 0.5) is 0 Å². The maximum Gasteiger partial charge on any atom is 0.0712 e. The summed E-state index contributed by atoms with van der Waals surface area (Å²) in [5.41, 5.74) is 2.83. The van der Waals surface area contributed by atoms with E-state index in [0.717, 1.165) is 12.5 Å². The second-order valence-corrected chi connectivity index (χ2v) is 7.87. The van der Waals surface area contributed by atoms with Crippen LogP contribution < -0.4 is 0 Å². The van der Waals surface area contributed by atoms with Crippen molar-refractivity contribution in [2.75, 3.05) is 19.6 Å². The summed E-state index contributed by atoms with van der Waals surface area (Å²) in [6.07, 6.45) is 2.68. The zero-order valence-electron chi connectivity index (χ0n) is 13.3. The van der Waals surface area contributed by atoms with Crippen LogP contribution in [0, 0.1) is 5.92 Å². The Labute approximate surface area is 129 Å². The second-order valence-electron chi connectivity index (χ2n) is 7.35. The fraction of sp³-hybridized carbons (Fsp3) is 0.667. The highest BCUT2D eigenvalue weighted by atomic mass is 35.5. The zero-order chi connectivity index (χ0) is 14.8. The van der Waals surface area contributed by atoms with Crippen molar-refractivity contribution in [1.29, 1.82) is 0 Å². The maximum absolute atomic E-state index is 6.61. The van der Waals surface area contributed by atoms with Crippen molar-refractivity contribution in [3.63, 3.8) is 0 Å². The number of alkyl halides is 1. The minimum atomic E-state index is 0.106. The largest absolute Gasteiger partial charge is 0.301 e. The van der Waals surface area contributed by atoms with Gasteiger partial charge in [0.2, 0.25) is 0 Å². The van der Waals surface area contributed by atoms with Crippen LogP contribution in [0.25, 0.3) is 0 Å². The molecule has 1 aromatic carbocycles. The van der Waals surface area contributed by atoms with E-state index in [1.165, 1.54) is 37.1 Å². The van der Waals surface area contributed by atoms with E-state index in [1.54, 1.807) is 0 Å². The molecule has 2 rings (SSSR count). The lowest BCUT2D eigenvalue weighted by Crippen LogP contribution is -2.36. The van der Waals surface area contributed by atoms with Gasteiger partial charge in [-0.3, -0.25) is 0 Å². The molecule has 1 nitrogen and oxygen atoms in total. The molecule has 0 aromatic heterocycles. The van der Waals surface area contributed by atoms with E-state index in [9.17, 15) is 0 Å². The van der Waals surface area contributed by atoms with E-state index < -0.39 is 0 Å². The van der Waals surface area contributed by atoms with Gasteiger partial charge in [-0.1, -0.05) is 52.0 Å². The first-order chi connectivity index (χ1) is 9.36. The fourth-order valence-corrected chi connectivity index (χ4v) is 3.32. The van der Waals surface area contributed by atoms with Gasteiger partial charge in [0, 0.05) is 13.1 Å². The number of halogens is 1. The van der Waals surface area contributed by atoms with Gasteiger partial charge in [0.15, 0.2) is 0 Å². The van der Waals surface area contributed by atoms with Crippen LogP contribution in [0.5, 0.6) is 0 Å². The Balaban J connectivity index is 1.97. The summed E-state index contributed by atoms with van der Waals surface area (Å²) in [5, 5.41) is 0.106. The number of piperidine rings is 1. The van der Waals surface area contributed by atoms with Crippen LogP contribution >= 0.6 is 11.6 Å². The highest BCUT2D eigenvalue weighted by molar-refractivity contribution is 6.21. The molecular weight excluding hydrogens is 266 g/mol. The van der Waals surface area contributed by atoms with Crippen molar-refractivity contribution in [2.24, 2.45) is 5.92 Å². The van der Waals surface area contributed by atoms with Crippen molar-refractivity contribution in [3.8, 4) is 0 Å². The molecule has 112 valence electrons. The first-order valence-electron chi connectivity index (χ1n) is 7.83. The lowest BCUT2D eigenvalue weighted by molar-refractivity contribution is 0.184. The molecule has 0 aliphatic carbocycles. The minimum absolute atomic E-state index is 0.106. The van der Waals surface area contributed by atoms with Crippen LogP contribution in [0.15, 0.2) is 24.3 Å². The van der Waals surface area contributed by atoms with E-state index in [1.807, 2.05) is 0 Å². The van der Waals surface area contributed by atoms with Gasteiger partial charge in [-0.25, -0.2) is 0 Å². The summed E-state index contributed by atoms with van der Waals surface area (Å²) < 4.78 is 0. The summed E-state index contributed by atoms with van der Waals surface area (Å²) in [6.45, 7) is 12.4. The van der Waals surface area contributed by atoms with Gasteiger partial charge in [-0.2, -0.15) is 0 Å². The molecule has 2 heteroatoms. The third kappa shape index (κ3) is 4.23. The molecule has 0 radical (unpaired) electrons. The molecule has 0 amide bonds. The molecule has 20 heavy (non-hydrogen) atoms. The van der Waals surface area contributed by atoms with Gasteiger partial charge in [-0.15, -0.1) is 11.6 Å². The summed E-state index contributed by atoms with van der Waals surface area (Å²) in [6, 6.07) is 8.85. The molecule has 2 atom stereocenters. The highest BCUT2D eigenvalue weighted by Gasteiger charge is 2.20. The molecule has 1 fully saturated rings. The van der Waals surface area contributed by atoms with Crippen molar-refractivity contribution >= 4 is 11.6 Å². The van der Waals surface area contributed by atoms with E-state index in [4.69, 9.17) is 11.6 Å². The number of nitrogens with zero attached hydrogens (tertiary/aromatic N) is 1. The molecule has 2 unspecified atom stereocenters. The first kappa shape index (κ1) is 15.9. The lowest BCUT2D eigenvalue weighted by atomic mass is 9.86. The average molecular weight is 294 g/mol. The topological polar surface area (TPSA) is 3.24 Å². The van der Waals surface area contributed by atoms with Crippen LogP contribution in [0.1, 0.15) is 57.0 Å². The predicted molar refractivity (Wildman–Crippen MR) is 88.6 cm³/mol. The van der Waals surface area contributed by atoms with Crippen LogP contribution in [-0.2, 0) is 5.41 Å². The third-order valence-electron chi connectivity index (χ3n) is 4.30. The monoisotopic (exact) mass is 293 g/mol. The van der Waals surface area contributed by atoms with Crippen molar-refractivity contribution in [2.45, 2.75) is 51.3 Å². The summed E-state index contributed by atoms with van der Waals surface area (Å²) >= 11 is 6.61. The Hall–Kier alpha value is -0.530. The molecule has 0 spiro atoms. The van der Waals surface area contributed by atoms with Gasteiger partial charge < -0.3 is 4.90 Å². The first-order valence-corrected chi connectivity index (χ1v) is 8.27. The highest BCUT2D eigenvalue weighted by Crippen LogP contribution is 2.28. The molecule has 0 bridgehead atoms. The van der Waals surface area contributed by atoms with E-state index in [-0.39, 0.29) is 10.8 Å². The zero-order valence-corrected chi connectivity index (χ0v) is 14.1. The van der Waals surface area contributed by atoms with E-state index in [2.05, 4.69) is 56.9 Å². The van der Waals surface area contributed by atoms with Gasteiger partial charge >= 0.3 is 0 Å². The van der Waals surface area contributed by atoms with Crippen molar-refractivity contribution in [1.82, 2.24) is 4.90 Å². The number of hydrogen-bond donors (Lipinski definition) is 0. The second kappa shape index (κ2) is 6.49. The third-order valence-corrected chi connectivity index (χ3v) is 4.69. The SMILES string of the molecule is CC1CCCN(CC(Cl)c2ccc(C(C)(C)C)cc2)C1. The predicted octanol–water partition coefficient (Wildman–Crippen LogP) is 5.00.